The fourth-order valence-electron chi connectivity index (χ4n) is 3.10. The van der Waals surface area contributed by atoms with Gasteiger partial charge in [-0.2, -0.15) is 0 Å². The molecular weight excluding hydrogens is 248 g/mol. The molecule has 0 radical (unpaired) electrons. The Morgan fingerprint density at radius 3 is 2.28 bits per heavy atom. The van der Waals surface area contributed by atoms with Crippen molar-refractivity contribution in [1.82, 2.24) is 0 Å². The van der Waals surface area contributed by atoms with Crippen molar-refractivity contribution in [3.8, 4) is 0 Å². The Morgan fingerprint density at radius 1 is 1.22 bits per heavy atom. The lowest BCUT2D eigenvalue weighted by molar-refractivity contribution is 0.172. The molecule has 2 unspecified atom stereocenters. The molecule has 0 spiro atoms. The van der Waals surface area contributed by atoms with E-state index in [0.717, 1.165) is 18.6 Å². The van der Waals surface area contributed by atoms with Crippen molar-refractivity contribution in [2.45, 2.75) is 44.8 Å². The summed E-state index contributed by atoms with van der Waals surface area (Å²) in [7, 11) is 1.00. The number of hydrogen-bond donors (Lipinski definition) is 1. The maximum atomic E-state index is 7.00. The second-order valence-corrected chi connectivity index (χ2v) is 6.29. The molecule has 2 fully saturated rings. The molecule has 2 atom stereocenters. The molecule has 1 aliphatic heterocycles. The Balaban J connectivity index is 0.000000574. The molecule has 0 amide bonds. The lowest BCUT2D eigenvalue weighted by atomic mass is 9.89. The zero-order valence-corrected chi connectivity index (χ0v) is 12.0. The molecular formula is C15H21ClO2. The van der Waals surface area contributed by atoms with Gasteiger partial charge in [-0.15, -0.1) is 0 Å². The summed E-state index contributed by atoms with van der Waals surface area (Å²) in [6, 6.07) is 8.15. The first kappa shape index (κ1) is 13.9. The number of hydrogen-bond acceptors (Lipinski definition) is 2. The monoisotopic (exact) mass is 268 g/mol. The Bertz CT molecular complexity index is 413. The van der Waals surface area contributed by atoms with E-state index in [2.05, 4.69) is 26.0 Å². The molecule has 1 aliphatic carbocycles. The molecule has 3 rings (SSSR count). The highest BCUT2D eigenvalue weighted by Gasteiger charge is 2.66. The summed E-state index contributed by atoms with van der Waals surface area (Å²) in [5, 5.41) is 7.81. The van der Waals surface area contributed by atoms with Crippen molar-refractivity contribution < 1.29 is 9.84 Å². The molecule has 1 saturated heterocycles. The molecule has 1 aromatic carbocycles. The first-order valence-corrected chi connectivity index (χ1v) is 6.77. The van der Waals surface area contributed by atoms with Gasteiger partial charge in [-0.3, -0.25) is 0 Å². The molecule has 1 aromatic rings. The van der Waals surface area contributed by atoms with Gasteiger partial charge >= 0.3 is 0 Å². The van der Waals surface area contributed by atoms with Crippen LogP contribution in [0.2, 0.25) is 5.02 Å². The molecule has 100 valence electrons. The minimum absolute atomic E-state index is 0.150. The van der Waals surface area contributed by atoms with Crippen LogP contribution in [0.5, 0.6) is 0 Å². The van der Waals surface area contributed by atoms with Gasteiger partial charge in [-0.1, -0.05) is 37.6 Å². The molecule has 0 aromatic heterocycles. The molecule has 2 nitrogen and oxygen atoms in total. The molecule has 1 N–H and O–H groups in total. The van der Waals surface area contributed by atoms with Crippen molar-refractivity contribution in [3.05, 3.63) is 34.9 Å². The zero-order chi connectivity index (χ0) is 13.4. The summed E-state index contributed by atoms with van der Waals surface area (Å²) in [5.41, 5.74) is 1.86. The highest BCUT2D eigenvalue weighted by molar-refractivity contribution is 6.30. The van der Waals surface area contributed by atoms with E-state index in [-0.39, 0.29) is 5.60 Å². The summed E-state index contributed by atoms with van der Waals surface area (Å²) in [6.45, 7) is 4.63. The quantitative estimate of drug-likeness (QED) is 0.834. The SMILES string of the molecule is CC1(C)CCC2(Cc3ccc(Cl)cc3)OC12.CO. The first-order valence-electron chi connectivity index (χ1n) is 6.39. The van der Waals surface area contributed by atoms with Crippen LogP contribution in [0.1, 0.15) is 32.3 Å². The predicted molar refractivity (Wildman–Crippen MR) is 73.9 cm³/mol. The van der Waals surface area contributed by atoms with E-state index >= 15 is 0 Å². The van der Waals surface area contributed by atoms with Crippen molar-refractivity contribution >= 4 is 11.6 Å². The highest BCUT2D eigenvalue weighted by atomic mass is 35.5. The van der Waals surface area contributed by atoms with Crippen molar-refractivity contribution in [3.63, 3.8) is 0 Å². The van der Waals surface area contributed by atoms with Crippen LogP contribution in [-0.4, -0.2) is 23.9 Å². The van der Waals surface area contributed by atoms with E-state index in [1.54, 1.807) is 0 Å². The number of epoxide rings is 1. The summed E-state index contributed by atoms with van der Waals surface area (Å²) in [4.78, 5) is 0. The zero-order valence-electron chi connectivity index (χ0n) is 11.2. The molecule has 2 aliphatic rings. The predicted octanol–water partition coefficient (Wildman–Crippen LogP) is 3.45. The fourth-order valence-corrected chi connectivity index (χ4v) is 3.22. The van der Waals surface area contributed by atoms with E-state index in [0.29, 0.717) is 11.5 Å². The molecule has 1 saturated carbocycles. The number of fused-ring (bicyclic) bond motifs is 1. The van der Waals surface area contributed by atoms with Crippen LogP contribution in [0.3, 0.4) is 0 Å². The fraction of sp³-hybridized carbons (Fsp3) is 0.600. The minimum Gasteiger partial charge on any atom is -0.400 e. The summed E-state index contributed by atoms with van der Waals surface area (Å²) in [6.07, 6.45) is 3.99. The Morgan fingerprint density at radius 2 is 1.83 bits per heavy atom. The third-order valence-corrected chi connectivity index (χ3v) is 4.34. The van der Waals surface area contributed by atoms with Gasteiger partial charge < -0.3 is 9.84 Å². The van der Waals surface area contributed by atoms with Crippen LogP contribution in [-0.2, 0) is 11.2 Å². The van der Waals surface area contributed by atoms with Crippen molar-refractivity contribution in [2.75, 3.05) is 7.11 Å². The Kier molecular flexibility index (Phi) is 3.72. The smallest absolute Gasteiger partial charge is 0.0994 e. The molecule has 18 heavy (non-hydrogen) atoms. The normalized spacial score (nSPS) is 31.3. The van der Waals surface area contributed by atoms with Crippen LogP contribution < -0.4 is 0 Å². The van der Waals surface area contributed by atoms with E-state index in [4.69, 9.17) is 21.4 Å². The number of aliphatic hydroxyl groups is 1. The van der Waals surface area contributed by atoms with Gasteiger partial charge in [0.15, 0.2) is 0 Å². The van der Waals surface area contributed by atoms with Gasteiger partial charge in [0, 0.05) is 18.6 Å². The number of halogens is 1. The third kappa shape index (κ3) is 2.42. The van der Waals surface area contributed by atoms with Crippen molar-refractivity contribution in [1.29, 1.82) is 0 Å². The number of rotatable bonds is 2. The molecule has 0 bridgehead atoms. The lowest BCUT2D eigenvalue weighted by Crippen LogP contribution is -2.18. The first-order chi connectivity index (χ1) is 8.52. The Labute approximate surface area is 114 Å². The average molecular weight is 269 g/mol. The van der Waals surface area contributed by atoms with Crippen LogP contribution in [0.25, 0.3) is 0 Å². The van der Waals surface area contributed by atoms with Gasteiger partial charge in [-0.05, 0) is 36.0 Å². The van der Waals surface area contributed by atoms with E-state index in [1.807, 2.05) is 12.1 Å². The molecule has 3 heteroatoms. The molecule has 1 heterocycles. The van der Waals surface area contributed by atoms with Crippen LogP contribution >= 0.6 is 11.6 Å². The van der Waals surface area contributed by atoms with Crippen LogP contribution in [0, 0.1) is 5.41 Å². The lowest BCUT2D eigenvalue weighted by Gasteiger charge is -2.16. The van der Waals surface area contributed by atoms with Gasteiger partial charge in [0.25, 0.3) is 0 Å². The van der Waals surface area contributed by atoms with Gasteiger partial charge in [0.1, 0.15) is 0 Å². The van der Waals surface area contributed by atoms with Crippen LogP contribution in [0.4, 0.5) is 0 Å². The average Bonchev–Trinajstić information content (AvgIpc) is 3.03. The van der Waals surface area contributed by atoms with E-state index < -0.39 is 0 Å². The van der Waals surface area contributed by atoms with E-state index in [1.165, 1.54) is 18.4 Å². The number of aliphatic hydroxyl groups excluding tert-OH is 1. The second-order valence-electron chi connectivity index (χ2n) is 5.85. The van der Waals surface area contributed by atoms with E-state index in [9.17, 15) is 0 Å². The maximum Gasteiger partial charge on any atom is 0.0994 e. The highest BCUT2D eigenvalue weighted by Crippen LogP contribution is 2.60. The van der Waals surface area contributed by atoms with Crippen LogP contribution in [0.15, 0.2) is 24.3 Å². The van der Waals surface area contributed by atoms with Gasteiger partial charge in [-0.25, -0.2) is 0 Å². The number of benzene rings is 1. The van der Waals surface area contributed by atoms with Gasteiger partial charge in [0.2, 0.25) is 0 Å². The summed E-state index contributed by atoms with van der Waals surface area (Å²) < 4.78 is 5.96. The summed E-state index contributed by atoms with van der Waals surface area (Å²) >= 11 is 5.89. The van der Waals surface area contributed by atoms with Gasteiger partial charge in [0.05, 0.1) is 11.7 Å². The topological polar surface area (TPSA) is 32.8 Å². The number of ether oxygens (including phenoxy) is 1. The standard InChI is InChI=1S/C14H17ClO.CH4O/c1-13(2)7-8-14(12(13)16-14)9-10-3-5-11(15)6-4-10;1-2/h3-6,12H,7-9H2,1-2H3;2H,1H3. The second kappa shape index (κ2) is 4.84. The largest absolute Gasteiger partial charge is 0.400 e. The summed E-state index contributed by atoms with van der Waals surface area (Å²) in [5.74, 6) is 0. The third-order valence-electron chi connectivity index (χ3n) is 4.09. The Hall–Kier alpha value is -0.570. The van der Waals surface area contributed by atoms with Crippen molar-refractivity contribution in [2.24, 2.45) is 5.41 Å². The maximum absolute atomic E-state index is 7.00. The minimum atomic E-state index is 0.150.